The number of aromatic nitrogens is 3. The molecule has 2 rings (SSSR count). The van der Waals surface area contributed by atoms with E-state index in [0.29, 0.717) is 18.8 Å². The number of nitrogens with one attached hydrogen (secondary N) is 1. The summed E-state index contributed by atoms with van der Waals surface area (Å²) < 4.78 is 6.58. The van der Waals surface area contributed by atoms with Crippen molar-refractivity contribution in [3.63, 3.8) is 0 Å². The van der Waals surface area contributed by atoms with E-state index in [1.165, 1.54) is 4.68 Å². The maximum atomic E-state index is 10.3. The topological polar surface area (TPSA) is 95.1 Å². The highest BCUT2D eigenvalue weighted by atomic mass is 16.5. The number of nitrogen functional groups attached to an aromatic ring is 1. The Bertz CT molecular complexity index is 535. The minimum absolute atomic E-state index is 0.263. The number of methoxy groups -OCH3 is 1. The van der Waals surface area contributed by atoms with Gasteiger partial charge in [-0.25, -0.2) is 4.68 Å². The smallest absolute Gasteiger partial charge is 0.212 e. The van der Waals surface area contributed by atoms with Gasteiger partial charge in [-0.1, -0.05) is 17.3 Å². The number of anilines is 2. The Morgan fingerprint density at radius 1 is 1.44 bits per heavy atom. The lowest BCUT2D eigenvalue weighted by molar-refractivity contribution is -0.105. The van der Waals surface area contributed by atoms with Crippen LogP contribution in [0.15, 0.2) is 24.3 Å². The predicted molar refractivity (Wildman–Crippen MR) is 66.2 cm³/mol. The molecule has 3 N–H and O–H groups in total. The minimum atomic E-state index is 0.263. The molecule has 0 spiro atoms. The number of nitrogens with zero attached hydrogens (tertiary/aromatic N) is 3. The summed E-state index contributed by atoms with van der Waals surface area (Å²) in [5.74, 6) is 1.37. The van der Waals surface area contributed by atoms with Crippen molar-refractivity contribution in [1.29, 1.82) is 0 Å². The fourth-order valence-electron chi connectivity index (χ4n) is 1.50. The SMILES string of the molecule is COc1ccc(Cn2nnc(NC=O)c2N)cc1. The lowest BCUT2D eigenvalue weighted by atomic mass is 10.2. The third-order valence-corrected chi connectivity index (χ3v) is 2.46. The Morgan fingerprint density at radius 2 is 2.17 bits per heavy atom. The van der Waals surface area contributed by atoms with Crippen LogP contribution in [0.1, 0.15) is 5.56 Å². The van der Waals surface area contributed by atoms with Crippen molar-refractivity contribution in [1.82, 2.24) is 15.0 Å². The number of ether oxygens (including phenoxy) is 1. The molecule has 7 heteroatoms. The molecule has 0 aliphatic rings. The van der Waals surface area contributed by atoms with Crippen LogP contribution in [0.3, 0.4) is 0 Å². The number of hydrogen-bond acceptors (Lipinski definition) is 5. The third kappa shape index (κ3) is 2.40. The molecule has 1 heterocycles. The first-order valence-electron chi connectivity index (χ1n) is 5.26. The molecule has 0 saturated carbocycles. The summed E-state index contributed by atoms with van der Waals surface area (Å²) >= 11 is 0. The van der Waals surface area contributed by atoms with Crippen LogP contribution in [0.5, 0.6) is 5.75 Å². The second-order valence-corrected chi connectivity index (χ2v) is 3.59. The monoisotopic (exact) mass is 247 g/mol. The molecule has 2 aromatic rings. The fraction of sp³-hybridized carbons (Fsp3) is 0.182. The summed E-state index contributed by atoms with van der Waals surface area (Å²) in [5.41, 5.74) is 6.79. The average molecular weight is 247 g/mol. The van der Waals surface area contributed by atoms with Crippen LogP contribution in [0.4, 0.5) is 11.6 Å². The molecule has 0 aliphatic heterocycles. The Kier molecular flexibility index (Phi) is 3.42. The Morgan fingerprint density at radius 3 is 2.78 bits per heavy atom. The molecule has 0 radical (unpaired) electrons. The minimum Gasteiger partial charge on any atom is -0.497 e. The van der Waals surface area contributed by atoms with Gasteiger partial charge in [0.05, 0.1) is 13.7 Å². The van der Waals surface area contributed by atoms with E-state index in [9.17, 15) is 4.79 Å². The van der Waals surface area contributed by atoms with Crippen LogP contribution in [0, 0.1) is 0 Å². The number of benzene rings is 1. The molecule has 0 saturated heterocycles. The van der Waals surface area contributed by atoms with Gasteiger partial charge in [0.1, 0.15) is 5.75 Å². The molecule has 94 valence electrons. The van der Waals surface area contributed by atoms with E-state index in [4.69, 9.17) is 10.5 Å². The zero-order valence-electron chi connectivity index (χ0n) is 9.83. The Labute approximate surface area is 104 Å². The van der Waals surface area contributed by atoms with Crippen LogP contribution < -0.4 is 15.8 Å². The van der Waals surface area contributed by atoms with E-state index in [0.717, 1.165) is 11.3 Å². The first-order valence-corrected chi connectivity index (χ1v) is 5.26. The van der Waals surface area contributed by atoms with Crippen LogP contribution in [0.25, 0.3) is 0 Å². The van der Waals surface area contributed by atoms with Crippen molar-refractivity contribution in [2.75, 3.05) is 18.2 Å². The first kappa shape index (κ1) is 11.9. The molecule has 0 fully saturated rings. The fourth-order valence-corrected chi connectivity index (χ4v) is 1.50. The van der Waals surface area contributed by atoms with E-state index < -0.39 is 0 Å². The second-order valence-electron chi connectivity index (χ2n) is 3.59. The van der Waals surface area contributed by atoms with Crippen molar-refractivity contribution >= 4 is 18.0 Å². The molecule has 1 amide bonds. The van der Waals surface area contributed by atoms with Crippen LogP contribution in [-0.4, -0.2) is 28.5 Å². The van der Waals surface area contributed by atoms with Crippen LogP contribution in [0.2, 0.25) is 0 Å². The van der Waals surface area contributed by atoms with Crippen molar-refractivity contribution in [3.05, 3.63) is 29.8 Å². The molecular formula is C11H13N5O2. The summed E-state index contributed by atoms with van der Waals surface area (Å²) in [4.78, 5) is 10.3. The van der Waals surface area contributed by atoms with Gasteiger partial charge in [0, 0.05) is 0 Å². The highest BCUT2D eigenvalue weighted by Gasteiger charge is 2.08. The van der Waals surface area contributed by atoms with Gasteiger partial charge in [-0.15, -0.1) is 5.10 Å². The number of hydrogen-bond donors (Lipinski definition) is 2. The molecular weight excluding hydrogens is 234 g/mol. The lowest BCUT2D eigenvalue weighted by Gasteiger charge is -2.05. The normalized spacial score (nSPS) is 10.1. The second kappa shape index (κ2) is 5.17. The van der Waals surface area contributed by atoms with Gasteiger partial charge in [0.2, 0.25) is 6.41 Å². The van der Waals surface area contributed by atoms with Gasteiger partial charge in [-0.3, -0.25) is 4.79 Å². The van der Waals surface area contributed by atoms with Gasteiger partial charge < -0.3 is 15.8 Å². The first-order chi connectivity index (χ1) is 8.74. The zero-order valence-corrected chi connectivity index (χ0v) is 9.83. The zero-order chi connectivity index (χ0) is 13.0. The summed E-state index contributed by atoms with van der Waals surface area (Å²) in [6.45, 7) is 0.476. The molecule has 1 aromatic carbocycles. The predicted octanol–water partition coefficient (Wildman–Crippen LogP) is 0.485. The quantitative estimate of drug-likeness (QED) is 0.749. The van der Waals surface area contributed by atoms with E-state index in [1.807, 2.05) is 24.3 Å². The van der Waals surface area contributed by atoms with Crippen molar-refractivity contribution < 1.29 is 9.53 Å². The Hall–Kier alpha value is -2.57. The highest BCUT2D eigenvalue weighted by Crippen LogP contribution is 2.16. The highest BCUT2D eigenvalue weighted by molar-refractivity contribution is 5.74. The maximum Gasteiger partial charge on any atom is 0.212 e. The molecule has 0 bridgehead atoms. The van der Waals surface area contributed by atoms with Gasteiger partial charge in [-0.2, -0.15) is 0 Å². The van der Waals surface area contributed by atoms with Gasteiger partial charge in [0.15, 0.2) is 11.6 Å². The molecule has 18 heavy (non-hydrogen) atoms. The average Bonchev–Trinajstić information content (AvgIpc) is 2.73. The van der Waals surface area contributed by atoms with E-state index in [1.54, 1.807) is 7.11 Å². The number of amides is 1. The number of carbonyl (C=O) groups excluding carboxylic acids is 1. The van der Waals surface area contributed by atoms with Crippen molar-refractivity contribution in [3.8, 4) is 5.75 Å². The molecule has 7 nitrogen and oxygen atoms in total. The van der Waals surface area contributed by atoms with Gasteiger partial charge >= 0.3 is 0 Å². The summed E-state index contributed by atoms with van der Waals surface area (Å²) in [6, 6.07) is 7.53. The van der Waals surface area contributed by atoms with E-state index >= 15 is 0 Å². The third-order valence-electron chi connectivity index (χ3n) is 2.46. The maximum absolute atomic E-state index is 10.3. The number of rotatable bonds is 5. The molecule has 0 unspecified atom stereocenters. The van der Waals surface area contributed by atoms with Crippen molar-refractivity contribution in [2.45, 2.75) is 6.54 Å². The summed E-state index contributed by atoms with van der Waals surface area (Å²) in [5, 5.41) is 10.00. The van der Waals surface area contributed by atoms with Crippen LogP contribution in [-0.2, 0) is 11.3 Å². The van der Waals surface area contributed by atoms with Gasteiger partial charge in [-0.05, 0) is 17.7 Å². The summed E-state index contributed by atoms with van der Waals surface area (Å²) in [6.07, 6.45) is 0.512. The van der Waals surface area contributed by atoms with E-state index in [-0.39, 0.29) is 5.82 Å². The lowest BCUT2D eigenvalue weighted by Crippen LogP contribution is -2.07. The largest absolute Gasteiger partial charge is 0.497 e. The molecule has 1 aromatic heterocycles. The molecule has 0 atom stereocenters. The molecule has 0 aliphatic carbocycles. The standard InChI is InChI=1S/C11H13N5O2/c1-18-9-4-2-8(3-5-9)6-16-10(12)11(13-7-17)14-15-16/h2-5,7H,6,12H2,1H3,(H,13,17). The van der Waals surface area contributed by atoms with Crippen molar-refractivity contribution in [2.24, 2.45) is 0 Å². The van der Waals surface area contributed by atoms with Gasteiger partial charge in [0.25, 0.3) is 0 Å². The number of carbonyl (C=O) groups is 1. The Balaban J connectivity index is 2.15. The van der Waals surface area contributed by atoms with E-state index in [2.05, 4.69) is 15.6 Å². The number of nitrogens with two attached hydrogens (primary N) is 1. The summed E-state index contributed by atoms with van der Waals surface area (Å²) in [7, 11) is 1.61. The van der Waals surface area contributed by atoms with Crippen LogP contribution >= 0.6 is 0 Å².